The predicted molar refractivity (Wildman–Crippen MR) is 96.7 cm³/mol. The average Bonchev–Trinajstić information content (AvgIpc) is 3.16. The third-order valence-corrected chi connectivity index (χ3v) is 5.41. The molecule has 1 fully saturated rings. The molecule has 1 aromatic carbocycles. The minimum atomic E-state index is -0.0659. The van der Waals surface area contributed by atoms with Gasteiger partial charge in [0, 0.05) is 37.8 Å². The topological polar surface area (TPSA) is 65.1 Å². The predicted octanol–water partition coefficient (Wildman–Crippen LogP) is 2.26. The monoisotopic (exact) mass is 341 g/mol. The van der Waals surface area contributed by atoms with Crippen molar-refractivity contribution in [2.45, 2.75) is 13.0 Å². The molecule has 1 atom stereocenters. The number of aromatic nitrogens is 3. The number of H-pyrrole nitrogens is 1. The van der Waals surface area contributed by atoms with Gasteiger partial charge in [0.2, 0.25) is 0 Å². The molecule has 0 radical (unpaired) electrons. The van der Waals surface area contributed by atoms with Crippen molar-refractivity contribution < 1.29 is 0 Å². The molecule has 1 saturated heterocycles. The molecule has 1 aliphatic heterocycles. The summed E-state index contributed by atoms with van der Waals surface area (Å²) in [7, 11) is 0. The minimum Gasteiger partial charge on any atom is -0.346 e. The van der Waals surface area contributed by atoms with E-state index in [0.717, 1.165) is 42.7 Å². The Hall–Kier alpha value is -2.25. The van der Waals surface area contributed by atoms with E-state index in [9.17, 15) is 4.79 Å². The highest BCUT2D eigenvalue weighted by Gasteiger charge is 2.24. The Bertz CT molecular complexity index is 883. The van der Waals surface area contributed by atoms with Crippen molar-refractivity contribution in [1.82, 2.24) is 19.9 Å². The first-order chi connectivity index (χ1) is 11.7. The Kier molecular flexibility index (Phi) is 4.03. The number of aromatic amines is 1. The van der Waals surface area contributed by atoms with Crippen LogP contribution in [-0.2, 0) is 0 Å². The Morgan fingerprint density at radius 1 is 1.21 bits per heavy atom. The van der Waals surface area contributed by atoms with Crippen LogP contribution >= 0.6 is 11.3 Å². The molecule has 124 valence electrons. The zero-order valence-corrected chi connectivity index (χ0v) is 14.3. The van der Waals surface area contributed by atoms with Crippen LogP contribution in [0, 0.1) is 0 Å². The molecule has 0 spiro atoms. The fourth-order valence-corrected chi connectivity index (χ4v) is 3.84. The minimum absolute atomic E-state index is 0.0659. The molecule has 7 heteroatoms. The van der Waals surface area contributed by atoms with Crippen molar-refractivity contribution >= 4 is 27.4 Å². The number of hydrogen-bond donors (Lipinski definition) is 1. The van der Waals surface area contributed by atoms with Gasteiger partial charge in [-0.25, -0.2) is 9.97 Å². The van der Waals surface area contributed by atoms with Gasteiger partial charge in [0.25, 0.3) is 5.56 Å². The Labute approximate surface area is 143 Å². The molecule has 0 unspecified atom stereocenters. The van der Waals surface area contributed by atoms with E-state index >= 15 is 0 Å². The van der Waals surface area contributed by atoms with Crippen LogP contribution in [0.25, 0.3) is 10.9 Å². The summed E-state index contributed by atoms with van der Waals surface area (Å²) in [5.74, 6) is 0.737. The van der Waals surface area contributed by atoms with E-state index in [2.05, 4.69) is 31.7 Å². The van der Waals surface area contributed by atoms with E-state index in [0.29, 0.717) is 5.39 Å². The summed E-state index contributed by atoms with van der Waals surface area (Å²) < 4.78 is 0. The first kappa shape index (κ1) is 15.3. The zero-order chi connectivity index (χ0) is 16.5. The van der Waals surface area contributed by atoms with Crippen molar-refractivity contribution in [2.24, 2.45) is 0 Å². The third kappa shape index (κ3) is 2.81. The lowest BCUT2D eigenvalue weighted by Gasteiger charge is -2.37. The molecule has 0 aliphatic carbocycles. The quantitative estimate of drug-likeness (QED) is 0.792. The lowest BCUT2D eigenvalue weighted by molar-refractivity contribution is 0.191. The number of piperazine rings is 1. The highest BCUT2D eigenvalue weighted by Crippen LogP contribution is 2.23. The highest BCUT2D eigenvalue weighted by molar-refractivity contribution is 7.13. The van der Waals surface area contributed by atoms with Crippen LogP contribution in [0.4, 0.5) is 5.13 Å². The number of nitrogens with zero attached hydrogens (tertiary/aromatic N) is 4. The van der Waals surface area contributed by atoms with Gasteiger partial charge in [0.05, 0.1) is 16.9 Å². The van der Waals surface area contributed by atoms with Crippen LogP contribution in [0.2, 0.25) is 0 Å². The molecule has 24 heavy (non-hydrogen) atoms. The largest absolute Gasteiger partial charge is 0.346 e. The average molecular weight is 341 g/mol. The maximum absolute atomic E-state index is 12.3. The second-order valence-corrected chi connectivity index (χ2v) is 6.86. The van der Waals surface area contributed by atoms with Gasteiger partial charge in [-0.3, -0.25) is 9.69 Å². The normalized spacial score (nSPS) is 17.3. The summed E-state index contributed by atoms with van der Waals surface area (Å²) in [6, 6.07) is 7.56. The van der Waals surface area contributed by atoms with Crippen molar-refractivity contribution in [1.29, 1.82) is 0 Å². The zero-order valence-electron chi connectivity index (χ0n) is 13.5. The van der Waals surface area contributed by atoms with E-state index in [4.69, 9.17) is 0 Å². The van der Waals surface area contributed by atoms with Gasteiger partial charge in [-0.05, 0) is 19.1 Å². The van der Waals surface area contributed by atoms with Crippen LogP contribution in [0.3, 0.4) is 0 Å². The standard InChI is InChI=1S/C17H19N5OS/c1-12(15-19-14-5-3-2-4-13(14)16(23)20-15)21-7-9-22(10-8-21)17-18-6-11-24-17/h2-6,11-12H,7-10H2,1H3,(H,19,20,23)/t12-/m0/s1. The highest BCUT2D eigenvalue weighted by atomic mass is 32.1. The Morgan fingerprint density at radius 2 is 2.00 bits per heavy atom. The second kappa shape index (κ2) is 6.33. The SMILES string of the molecule is C[C@@H](c1nc2ccccc2c(=O)[nH]1)N1CCN(c2nccs2)CC1. The summed E-state index contributed by atoms with van der Waals surface area (Å²) in [5, 5.41) is 3.73. The summed E-state index contributed by atoms with van der Waals surface area (Å²) in [5.41, 5.74) is 0.688. The smallest absolute Gasteiger partial charge is 0.258 e. The first-order valence-electron chi connectivity index (χ1n) is 8.10. The molecule has 1 N–H and O–H groups in total. The molecule has 6 nitrogen and oxygen atoms in total. The fourth-order valence-electron chi connectivity index (χ4n) is 3.15. The summed E-state index contributed by atoms with van der Waals surface area (Å²) >= 11 is 1.68. The van der Waals surface area contributed by atoms with Gasteiger partial charge >= 0.3 is 0 Å². The van der Waals surface area contributed by atoms with Crippen LogP contribution in [0.5, 0.6) is 0 Å². The van der Waals surface area contributed by atoms with Crippen LogP contribution in [0.1, 0.15) is 18.8 Å². The van der Waals surface area contributed by atoms with Crippen molar-refractivity contribution in [3.05, 3.63) is 52.0 Å². The van der Waals surface area contributed by atoms with Crippen molar-refractivity contribution in [2.75, 3.05) is 31.1 Å². The molecule has 0 saturated carbocycles. The number of nitrogens with one attached hydrogen (secondary N) is 1. The summed E-state index contributed by atoms with van der Waals surface area (Å²) in [6.07, 6.45) is 1.85. The molecular weight excluding hydrogens is 322 g/mol. The molecule has 2 aromatic heterocycles. The molecule has 4 rings (SSSR count). The fraction of sp³-hybridized carbons (Fsp3) is 0.353. The molecule has 3 aromatic rings. The second-order valence-electron chi connectivity index (χ2n) is 5.98. The van der Waals surface area contributed by atoms with E-state index in [-0.39, 0.29) is 11.6 Å². The van der Waals surface area contributed by atoms with Crippen LogP contribution in [-0.4, -0.2) is 46.0 Å². The van der Waals surface area contributed by atoms with E-state index in [1.165, 1.54) is 0 Å². The molecule has 3 heterocycles. The molecule has 0 bridgehead atoms. The van der Waals surface area contributed by atoms with Crippen molar-refractivity contribution in [3.63, 3.8) is 0 Å². The maximum atomic E-state index is 12.3. The maximum Gasteiger partial charge on any atom is 0.258 e. The number of fused-ring (bicyclic) bond motifs is 1. The van der Waals surface area contributed by atoms with E-state index in [1.54, 1.807) is 11.3 Å². The van der Waals surface area contributed by atoms with Gasteiger partial charge in [-0.2, -0.15) is 0 Å². The Balaban J connectivity index is 1.52. The number of thiazole rings is 1. The van der Waals surface area contributed by atoms with Gasteiger partial charge in [-0.15, -0.1) is 11.3 Å². The third-order valence-electron chi connectivity index (χ3n) is 4.58. The van der Waals surface area contributed by atoms with Crippen LogP contribution in [0.15, 0.2) is 40.6 Å². The van der Waals surface area contributed by atoms with Gasteiger partial charge < -0.3 is 9.88 Å². The lowest BCUT2D eigenvalue weighted by atomic mass is 10.2. The van der Waals surface area contributed by atoms with E-state index < -0.39 is 0 Å². The summed E-state index contributed by atoms with van der Waals surface area (Å²) in [4.78, 5) is 28.9. The summed E-state index contributed by atoms with van der Waals surface area (Å²) in [6.45, 7) is 5.84. The van der Waals surface area contributed by atoms with Gasteiger partial charge in [-0.1, -0.05) is 12.1 Å². The first-order valence-corrected chi connectivity index (χ1v) is 8.98. The molecular formula is C17H19N5OS. The molecule has 1 aliphatic rings. The van der Waals surface area contributed by atoms with E-state index in [1.807, 2.05) is 35.8 Å². The number of para-hydroxylation sites is 1. The lowest BCUT2D eigenvalue weighted by Crippen LogP contribution is -2.47. The number of anilines is 1. The number of benzene rings is 1. The Morgan fingerprint density at radius 3 is 2.75 bits per heavy atom. The van der Waals surface area contributed by atoms with Crippen LogP contribution < -0.4 is 10.5 Å². The van der Waals surface area contributed by atoms with Gasteiger partial charge in [0.15, 0.2) is 5.13 Å². The number of hydrogen-bond acceptors (Lipinski definition) is 6. The van der Waals surface area contributed by atoms with Gasteiger partial charge in [0.1, 0.15) is 5.82 Å². The molecule has 0 amide bonds. The van der Waals surface area contributed by atoms with Crippen molar-refractivity contribution in [3.8, 4) is 0 Å². The number of rotatable bonds is 3.